The molecule has 0 aliphatic heterocycles. The molecule has 88 valence electrons. The van der Waals surface area contributed by atoms with Gasteiger partial charge in [0.1, 0.15) is 0 Å². The summed E-state index contributed by atoms with van der Waals surface area (Å²) in [6, 6.07) is 12.0. The van der Waals surface area contributed by atoms with Crippen LogP contribution in [0.4, 0.5) is 5.69 Å². The summed E-state index contributed by atoms with van der Waals surface area (Å²) >= 11 is 5.12. The minimum atomic E-state index is 0.365. The number of hydrogen-bond acceptors (Lipinski definition) is 3. The molecule has 0 aliphatic rings. The second kappa shape index (κ2) is 5.56. The number of thioether (sulfide) groups is 1. The van der Waals surface area contributed by atoms with Crippen molar-refractivity contribution in [2.24, 2.45) is 0 Å². The molecule has 1 aromatic heterocycles. The molecule has 0 spiro atoms. The molecule has 1 aromatic carbocycles. The highest BCUT2D eigenvalue weighted by atomic mass is 79.9. The maximum atomic E-state index is 5.67. The number of anilines is 1. The fourth-order valence-electron chi connectivity index (χ4n) is 1.45. The van der Waals surface area contributed by atoms with Crippen LogP contribution in [0.5, 0.6) is 0 Å². The second-order valence-electron chi connectivity index (χ2n) is 3.74. The summed E-state index contributed by atoms with van der Waals surface area (Å²) in [6.45, 7) is 2.17. The molecular formula is C13H13BrN2S. The van der Waals surface area contributed by atoms with E-state index in [1.807, 2.05) is 30.5 Å². The van der Waals surface area contributed by atoms with E-state index < -0.39 is 0 Å². The largest absolute Gasteiger partial charge is 0.399 e. The highest BCUT2D eigenvalue weighted by Crippen LogP contribution is 2.33. The Kier molecular flexibility index (Phi) is 4.07. The van der Waals surface area contributed by atoms with Crippen LogP contribution in [0.3, 0.4) is 0 Å². The van der Waals surface area contributed by atoms with Crippen molar-refractivity contribution in [2.75, 3.05) is 5.73 Å². The van der Waals surface area contributed by atoms with Crippen molar-refractivity contribution >= 4 is 33.4 Å². The van der Waals surface area contributed by atoms with Gasteiger partial charge in [0.15, 0.2) is 0 Å². The molecule has 0 bridgehead atoms. The van der Waals surface area contributed by atoms with E-state index in [1.54, 1.807) is 11.8 Å². The molecule has 0 saturated heterocycles. The average molecular weight is 309 g/mol. The number of rotatable bonds is 3. The normalized spacial score (nSPS) is 12.4. The Morgan fingerprint density at radius 3 is 2.47 bits per heavy atom. The zero-order valence-electron chi connectivity index (χ0n) is 9.43. The lowest BCUT2D eigenvalue weighted by Crippen LogP contribution is -1.91. The highest BCUT2D eigenvalue weighted by molar-refractivity contribution is 9.10. The van der Waals surface area contributed by atoms with Gasteiger partial charge in [-0.3, -0.25) is 0 Å². The Balaban J connectivity index is 2.08. The molecule has 2 nitrogen and oxygen atoms in total. The van der Waals surface area contributed by atoms with Gasteiger partial charge in [0, 0.05) is 21.6 Å². The third-order valence-corrected chi connectivity index (χ3v) is 3.98. The number of halogens is 1. The van der Waals surface area contributed by atoms with E-state index in [1.165, 1.54) is 5.56 Å². The van der Waals surface area contributed by atoms with Gasteiger partial charge in [0.2, 0.25) is 0 Å². The molecule has 4 heteroatoms. The summed E-state index contributed by atoms with van der Waals surface area (Å²) < 4.78 is 1.00. The fourth-order valence-corrected chi connectivity index (χ4v) is 2.60. The first-order chi connectivity index (χ1) is 8.15. The van der Waals surface area contributed by atoms with Crippen LogP contribution in [0.15, 0.2) is 52.1 Å². The van der Waals surface area contributed by atoms with Crippen LogP contribution >= 0.6 is 27.7 Å². The number of nitrogens with zero attached hydrogens (tertiary/aromatic N) is 1. The van der Waals surface area contributed by atoms with Crippen molar-refractivity contribution in [3.8, 4) is 0 Å². The summed E-state index contributed by atoms with van der Waals surface area (Å²) in [5, 5.41) is 1.39. The van der Waals surface area contributed by atoms with Crippen molar-refractivity contribution in [1.82, 2.24) is 4.98 Å². The molecule has 0 amide bonds. The molecule has 2 N–H and O–H groups in total. The number of benzene rings is 1. The molecule has 2 aromatic rings. The molecule has 0 radical (unpaired) electrons. The van der Waals surface area contributed by atoms with Crippen LogP contribution in [-0.4, -0.2) is 4.98 Å². The summed E-state index contributed by atoms with van der Waals surface area (Å²) in [7, 11) is 0. The van der Waals surface area contributed by atoms with Crippen molar-refractivity contribution in [3.63, 3.8) is 0 Å². The number of nitrogens with two attached hydrogens (primary N) is 1. The van der Waals surface area contributed by atoms with E-state index in [0.29, 0.717) is 5.25 Å². The molecule has 0 fully saturated rings. The molecule has 1 unspecified atom stereocenters. The molecule has 2 rings (SSSR count). The van der Waals surface area contributed by atoms with Crippen LogP contribution < -0.4 is 5.73 Å². The standard InChI is InChI=1S/C13H13BrN2S/c1-9(10-2-5-12(15)6-3-10)17-13-7-4-11(14)8-16-13/h2-9H,15H2,1H3. The second-order valence-corrected chi connectivity index (χ2v) is 6.02. The quantitative estimate of drug-likeness (QED) is 0.679. The SMILES string of the molecule is CC(Sc1ccc(Br)cn1)c1ccc(N)cc1. The molecule has 1 heterocycles. The van der Waals surface area contributed by atoms with Gasteiger partial charge < -0.3 is 5.73 Å². The smallest absolute Gasteiger partial charge is 0.0966 e. The minimum Gasteiger partial charge on any atom is -0.399 e. The Labute approximate surface area is 114 Å². The Morgan fingerprint density at radius 2 is 1.88 bits per heavy atom. The van der Waals surface area contributed by atoms with Crippen LogP contribution in [0.1, 0.15) is 17.7 Å². The van der Waals surface area contributed by atoms with Crippen LogP contribution in [0.25, 0.3) is 0 Å². The molecule has 0 saturated carbocycles. The molecule has 1 atom stereocenters. The summed E-state index contributed by atoms with van der Waals surface area (Å²) in [5.74, 6) is 0. The molecular weight excluding hydrogens is 296 g/mol. The zero-order valence-corrected chi connectivity index (χ0v) is 11.8. The van der Waals surface area contributed by atoms with Crippen LogP contribution in [0.2, 0.25) is 0 Å². The monoisotopic (exact) mass is 308 g/mol. The number of pyridine rings is 1. The lowest BCUT2D eigenvalue weighted by atomic mass is 10.1. The van der Waals surface area contributed by atoms with Gasteiger partial charge in [-0.2, -0.15) is 0 Å². The number of aromatic nitrogens is 1. The Bertz CT molecular complexity index is 482. The van der Waals surface area contributed by atoms with Crippen LogP contribution in [0, 0.1) is 0 Å². The maximum absolute atomic E-state index is 5.67. The van der Waals surface area contributed by atoms with Gasteiger partial charge in [-0.15, -0.1) is 0 Å². The topological polar surface area (TPSA) is 38.9 Å². The van der Waals surface area contributed by atoms with Gasteiger partial charge in [0.05, 0.1) is 5.03 Å². The van der Waals surface area contributed by atoms with E-state index >= 15 is 0 Å². The van der Waals surface area contributed by atoms with E-state index in [-0.39, 0.29) is 0 Å². The van der Waals surface area contributed by atoms with Gasteiger partial charge in [-0.05, 0) is 52.7 Å². The molecule has 0 aliphatic carbocycles. The average Bonchev–Trinajstić information content (AvgIpc) is 2.33. The first-order valence-corrected chi connectivity index (χ1v) is 6.96. The lowest BCUT2D eigenvalue weighted by molar-refractivity contribution is 1.06. The van der Waals surface area contributed by atoms with E-state index in [2.05, 4.69) is 40.0 Å². The fraction of sp³-hybridized carbons (Fsp3) is 0.154. The third-order valence-electron chi connectivity index (χ3n) is 2.40. The van der Waals surface area contributed by atoms with Gasteiger partial charge in [-0.1, -0.05) is 23.9 Å². The summed E-state index contributed by atoms with van der Waals surface area (Å²) in [5.41, 5.74) is 7.73. The van der Waals surface area contributed by atoms with Crippen molar-refractivity contribution in [2.45, 2.75) is 17.2 Å². The van der Waals surface area contributed by atoms with Crippen molar-refractivity contribution < 1.29 is 0 Å². The third kappa shape index (κ3) is 3.48. The van der Waals surface area contributed by atoms with Crippen molar-refractivity contribution in [3.05, 3.63) is 52.6 Å². The van der Waals surface area contributed by atoms with E-state index in [4.69, 9.17) is 5.73 Å². The predicted molar refractivity (Wildman–Crippen MR) is 77.1 cm³/mol. The van der Waals surface area contributed by atoms with E-state index in [9.17, 15) is 0 Å². The minimum absolute atomic E-state index is 0.365. The van der Waals surface area contributed by atoms with E-state index in [0.717, 1.165) is 15.2 Å². The first kappa shape index (κ1) is 12.5. The number of nitrogen functional groups attached to an aromatic ring is 1. The summed E-state index contributed by atoms with van der Waals surface area (Å²) in [4.78, 5) is 4.35. The molecule has 17 heavy (non-hydrogen) atoms. The maximum Gasteiger partial charge on any atom is 0.0966 e. The Morgan fingerprint density at radius 1 is 1.18 bits per heavy atom. The lowest BCUT2D eigenvalue weighted by Gasteiger charge is -2.11. The van der Waals surface area contributed by atoms with Crippen molar-refractivity contribution in [1.29, 1.82) is 0 Å². The number of hydrogen-bond donors (Lipinski definition) is 1. The first-order valence-electron chi connectivity index (χ1n) is 5.29. The van der Waals surface area contributed by atoms with Crippen LogP contribution in [-0.2, 0) is 0 Å². The summed E-state index contributed by atoms with van der Waals surface area (Å²) in [6.07, 6.45) is 1.82. The zero-order chi connectivity index (χ0) is 12.3. The highest BCUT2D eigenvalue weighted by Gasteiger charge is 2.07. The Hall–Kier alpha value is -1.00. The van der Waals surface area contributed by atoms with Gasteiger partial charge in [0.25, 0.3) is 0 Å². The predicted octanol–water partition coefficient (Wildman–Crippen LogP) is 4.28. The van der Waals surface area contributed by atoms with Gasteiger partial charge in [-0.25, -0.2) is 4.98 Å². The van der Waals surface area contributed by atoms with Gasteiger partial charge >= 0.3 is 0 Å².